The van der Waals surface area contributed by atoms with E-state index < -0.39 is 5.67 Å². The van der Waals surface area contributed by atoms with Gasteiger partial charge in [-0.2, -0.15) is 0 Å². The molecule has 2 heterocycles. The van der Waals surface area contributed by atoms with Crippen LogP contribution in [0.15, 0.2) is 30.6 Å². The van der Waals surface area contributed by atoms with Crippen LogP contribution >= 0.6 is 11.6 Å². The molecule has 4 rings (SSSR count). The SMILES string of the molecule is Cn1cnnc1[C@@H]1CC[C@@H]1C(=O)N1CCC(F)(Cc2ccc(Cl)cc2)CC1. The number of halogens is 2. The van der Waals surface area contributed by atoms with E-state index in [1.54, 1.807) is 18.5 Å². The van der Waals surface area contributed by atoms with E-state index in [9.17, 15) is 4.79 Å². The minimum Gasteiger partial charge on any atom is -0.342 e. The fourth-order valence-corrected chi connectivity index (χ4v) is 4.37. The minimum atomic E-state index is -1.26. The molecule has 1 saturated heterocycles. The zero-order valence-electron chi connectivity index (χ0n) is 15.4. The molecule has 7 heteroatoms. The normalized spacial score (nSPS) is 24.5. The molecule has 1 aromatic heterocycles. The molecular formula is C20H24ClFN4O. The van der Waals surface area contributed by atoms with Crippen molar-refractivity contribution in [1.82, 2.24) is 19.7 Å². The van der Waals surface area contributed by atoms with E-state index in [0.717, 1.165) is 24.2 Å². The highest BCUT2D eigenvalue weighted by molar-refractivity contribution is 6.30. The minimum absolute atomic E-state index is 0.0451. The molecule has 1 aromatic carbocycles. The third-order valence-electron chi connectivity index (χ3n) is 6.08. The third-order valence-corrected chi connectivity index (χ3v) is 6.33. The molecule has 2 fully saturated rings. The first-order chi connectivity index (χ1) is 13.0. The molecule has 2 aromatic rings. The average Bonchev–Trinajstić information content (AvgIpc) is 3.02. The number of nitrogens with zero attached hydrogens (tertiary/aromatic N) is 4. The Labute approximate surface area is 163 Å². The highest BCUT2D eigenvalue weighted by Crippen LogP contribution is 2.43. The summed E-state index contributed by atoms with van der Waals surface area (Å²) < 4.78 is 17.1. The maximum atomic E-state index is 15.3. The molecule has 0 N–H and O–H groups in total. The van der Waals surface area contributed by atoms with E-state index in [1.165, 1.54) is 0 Å². The Balaban J connectivity index is 1.35. The predicted octanol–water partition coefficient (Wildman–Crippen LogP) is 3.54. The number of likely N-dealkylation sites (tertiary alicyclic amines) is 1. The summed E-state index contributed by atoms with van der Waals surface area (Å²) in [5.74, 6) is 1.11. The number of benzene rings is 1. The van der Waals surface area contributed by atoms with Crippen molar-refractivity contribution in [2.45, 2.75) is 43.7 Å². The van der Waals surface area contributed by atoms with Crippen molar-refractivity contribution in [2.75, 3.05) is 13.1 Å². The molecule has 2 aliphatic rings. The van der Waals surface area contributed by atoms with E-state index in [1.807, 2.05) is 28.6 Å². The van der Waals surface area contributed by atoms with E-state index in [2.05, 4.69) is 10.2 Å². The van der Waals surface area contributed by atoms with Crippen LogP contribution in [-0.4, -0.2) is 44.3 Å². The summed E-state index contributed by atoms with van der Waals surface area (Å²) in [6, 6.07) is 7.34. The largest absolute Gasteiger partial charge is 0.342 e. The quantitative estimate of drug-likeness (QED) is 0.802. The van der Waals surface area contributed by atoms with E-state index >= 15 is 4.39 Å². The second-order valence-electron chi connectivity index (χ2n) is 7.87. The van der Waals surface area contributed by atoms with Gasteiger partial charge in [-0.25, -0.2) is 4.39 Å². The molecule has 2 atom stereocenters. The van der Waals surface area contributed by atoms with Gasteiger partial charge in [0.2, 0.25) is 5.91 Å². The maximum absolute atomic E-state index is 15.3. The predicted molar refractivity (Wildman–Crippen MR) is 101 cm³/mol. The van der Waals surface area contributed by atoms with Crippen molar-refractivity contribution < 1.29 is 9.18 Å². The van der Waals surface area contributed by atoms with Gasteiger partial charge >= 0.3 is 0 Å². The molecule has 5 nitrogen and oxygen atoms in total. The number of aryl methyl sites for hydroxylation is 1. The van der Waals surface area contributed by atoms with Crippen LogP contribution in [-0.2, 0) is 18.3 Å². The van der Waals surface area contributed by atoms with Crippen LogP contribution in [0, 0.1) is 5.92 Å². The first-order valence-corrected chi connectivity index (χ1v) is 9.89. The summed E-state index contributed by atoms with van der Waals surface area (Å²) in [5.41, 5.74) is -0.309. The lowest BCUT2D eigenvalue weighted by atomic mass is 9.72. The van der Waals surface area contributed by atoms with E-state index in [0.29, 0.717) is 37.4 Å². The summed E-state index contributed by atoms with van der Waals surface area (Å²) in [4.78, 5) is 14.8. The molecule has 144 valence electrons. The van der Waals surface area contributed by atoms with Crippen LogP contribution in [0.3, 0.4) is 0 Å². The topological polar surface area (TPSA) is 51.0 Å². The molecule has 1 aliphatic carbocycles. The monoisotopic (exact) mass is 390 g/mol. The summed E-state index contributed by atoms with van der Waals surface area (Å²) >= 11 is 5.90. The van der Waals surface area contributed by atoms with Crippen molar-refractivity contribution in [3.63, 3.8) is 0 Å². The van der Waals surface area contributed by atoms with Crippen LogP contribution in [0.4, 0.5) is 4.39 Å². The number of amides is 1. The Bertz CT molecular complexity index is 814. The molecule has 0 spiro atoms. The van der Waals surface area contributed by atoms with Crippen molar-refractivity contribution in [3.05, 3.63) is 47.0 Å². The highest BCUT2D eigenvalue weighted by Gasteiger charge is 2.44. The average molecular weight is 391 g/mol. The Morgan fingerprint density at radius 3 is 2.52 bits per heavy atom. The van der Waals surface area contributed by atoms with Crippen molar-refractivity contribution in [3.8, 4) is 0 Å². The van der Waals surface area contributed by atoms with Gasteiger partial charge in [-0.15, -0.1) is 10.2 Å². The molecule has 1 aliphatic heterocycles. The second-order valence-corrected chi connectivity index (χ2v) is 8.31. The number of carbonyl (C=O) groups excluding carboxylic acids is 1. The van der Waals surface area contributed by atoms with Crippen LogP contribution < -0.4 is 0 Å². The zero-order chi connectivity index (χ0) is 19.0. The van der Waals surface area contributed by atoms with Crippen LogP contribution in [0.1, 0.15) is 43.0 Å². The number of aromatic nitrogens is 3. The lowest BCUT2D eigenvalue weighted by Gasteiger charge is -2.42. The molecular weight excluding hydrogens is 367 g/mol. The highest BCUT2D eigenvalue weighted by atomic mass is 35.5. The molecule has 1 saturated carbocycles. The van der Waals surface area contributed by atoms with Crippen molar-refractivity contribution in [2.24, 2.45) is 13.0 Å². The standard InChI is InChI=1S/C20H24ClFN4O/c1-25-13-23-24-18(25)16-6-7-17(16)19(27)26-10-8-20(22,9-11-26)12-14-2-4-15(21)5-3-14/h2-5,13,16-17H,6-12H2,1H3/t16-,17+/m1/s1. The molecule has 0 bridgehead atoms. The van der Waals surface area contributed by atoms with Gasteiger partial charge in [-0.05, 0) is 43.4 Å². The van der Waals surface area contributed by atoms with Gasteiger partial charge in [-0.3, -0.25) is 4.79 Å². The van der Waals surface area contributed by atoms with Crippen LogP contribution in [0.2, 0.25) is 5.02 Å². The molecule has 0 radical (unpaired) electrons. The van der Waals surface area contributed by atoms with Gasteiger partial charge < -0.3 is 9.47 Å². The molecule has 1 amide bonds. The lowest BCUT2D eigenvalue weighted by molar-refractivity contribution is -0.142. The molecule has 0 unspecified atom stereocenters. The first kappa shape index (κ1) is 18.4. The molecule has 27 heavy (non-hydrogen) atoms. The number of hydrogen-bond acceptors (Lipinski definition) is 3. The van der Waals surface area contributed by atoms with Gasteiger partial charge in [0.25, 0.3) is 0 Å². The Morgan fingerprint density at radius 2 is 1.96 bits per heavy atom. The Morgan fingerprint density at radius 1 is 1.26 bits per heavy atom. The fourth-order valence-electron chi connectivity index (χ4n) is 4.24. The number of alkyl halides is 1. The summed E-state index contributed by atoms with van der Waals surface area (Å²) in [7, 11) is 1.91. The number of hydrogen-bond donors (Lipinski definition) is 0. The van der Waals surface area contributed by atoms with Gasteiger partial charge in [0.1, 0.15) is 17.8 Å². The fraction of sp³-hybridized carbons (Fsp3) is 0.550. The van der Waals surface area contributed by atoms with E-state index in [4.69, 9.17) is 11.6 Å². The van der Waals surface area contributed by atoms with E-state index in [-0.39, 0.29) is 17.7 Å². The Hall–Kier alpha value is -1.95. The maximum Gasteiger partial charge on any atom is 0.226 e. The zero-order valence-corrected chi connectivity index (χ0v) is 16.2. The summed E-state index contributed by atoms with van der Waals surface area (Å²) in [5, 5.41) is 8.75. The third kappa shape index (κ3) is 3.72. The second kappa shape index (κ2) is 7.23. The number of rotatable bonds is 4. The lowest BCUT2D eigenvalue weighted by Crippen LogP contribution is -2.50. The van der Waals surface area contributed by atoms with Gasteiger partial charge in [-0.1, -0.05) is 23.7 Å². The first-order valence-electron chi connectivity index (χ1n) is 9.51. The summed E-state index contributed by atoms with van der Waals surface area (Å²) in [6.45, 7) is 0.954. The van der Waals surface area contributed by atoms with Gasteiger partial charge in [0.05, 0.1) is 0 Å². The summed E-state index contributed by atoms with van der Waals surface area (Å²) in [6.07, 6.45) is 4.63. The van der Waals surface area contributed by atoms with Crippen molar-refractivity contribution >= 4 is 17.5 Å². The number of piperidine rings is 1. The smallest absolute Gasteiger partial charge is 0.226 e. The van der Waals surface area contributed by atoms with Crippen LogP contribution in [0.25, 0.3) is 0 Å². The van der Waals surface area contributed by atoms with Gasteiger partial charge in [0.15, 0.2) is 0 Å². The van der Waals surface area contributed by atoms with Crippen LogP contribution in [0.5, 0.6) is 0 Å². The number of carbonyl (C=O) groups is 1. The Kier molecular flexibility index (Phi) is 4.93. The van der Waals surface area contributed by atoms with Crippen molar-refractivity contribution in [1.29, 1.82) is 0 Å². The van der Waals surface area contributed by atoms with Gasteiger partial charge in [0, 0.05) is 43.4 Å².